The van der Waals surface area contributed by atoms with E-state index in [0.717, 1.165) is 42.8 Å². The lowest BCUT2D eigenvalue weighted by Crippen LogP contribution is -2.16. The Balaban J connectivity index is 2.38. The van der Waals surface area contributed by atoms with Gasteiger partial charge in [-0.2, -0.15) is 0 Å². The summed E-state index contributed by atoms with van der Waals surface area (Å²) in [6, 6.07) is 1.91. The Kier molecular flexibility index (Phi) is 2.32. The van der Waals surface area contributed by atoms with Crippen LogP contribution in [0.5, 0.6) is 0 Å². The molecule has 0 radical (unpaired) electrons. The highest BCUT2D eigenvalue weighted by atomic mass is 16.4. The van der Waals surface area contributed by atoms with Crippen molar-refractivity contribution in [3.8, 4) is 0 Å². The van der Waals surface area contributed by atoms with E-state index in [-0.39, 0.29) is 5.92 Å². The minimum absolute atomic E-state index is 0.345. The van der Waals surface area contributed by atoms with Crippen LogP contribution >= 0.6 is 0 Å². The maximum atomic E-state index is 11.0. The summed E-state index contributed by atoms with van der Waals surface area (Å²) >= 11 is 0. The number of carbonyl (C=O) groups is 1. The molecule has 3 nitrogen and oxygen atoms in total. The molecule has 0 saturated heterocycles. The highest BCUT2D eigenvalue weighted by Crippen LogP contribution is 2.34. The van der Waals surface area contributed by atoms with Gasteiger partial charge in [-0.05, 0) is 18.9 Å². The second-order valence-corrected chi connectivity index (χ2v) is 3.73. The molecule has 0 amide bonds. The first kappa shape index (κ1) is 9.31. The number of furan rings is 1. The fourth-order valence-corrected chi connectivity index (χ4v) is 2.04. The predicted molar refractivity (Wildman–Crippen MR) is 51.4 cm³/mol. The Morgan fingerprint density at radius 3 is 3.14 bits per heavy atom. The van der Waals surface area contributed by atoms with Gasteiger partial charge in [0, 0.05) is 18.4 Å². The van der Waals surface area contributed by atoms with Gasteiger partial charge in [-0.3, -0.25) is 4.79 Å². The normalized spacial score (nSPS) is 20.5. The zero-order chi connectivity index (χ0) is 10.1. The first-order valence-electron chi connectivity index (χ1n) is 5.06. The molecule has 1 aliphatic rings. The SMILES string of the molecule is CCc1cc2c(o1)CCCC2C(=O)O. The third-order valence-electron chi connectivity index (χ3n) is 2.81. The van der Waals surface area contributed by atoms with Gasteiger partial charge in [-0.15, -0.1) is 0 Å². The molecule has 0 bridgehead atoms. The Labute approximate surface area is 82.7 Å². The molecule has 1 aromatic rings. The van der Waals surface area contributed by atoms with Gasteiger partial charge in [0.15, 0.2) is 0 Å². The van der Waals surface area contributed by atoms with E-state index in [9.17, 15) is 4.79 Å². The first-order valence-corrected chi connectivity index (χ1v) is 5.06. The van der Waals surface area contributed by atoms with Gasteiger partial charge in [0.1, 0.15) is 11.5 Å². The number of aryl methyl sites for hydroxylation is 2. The third kappa shape index (κ3) is 1.43. The lowest BCUT2D eigenvalue weighted by atomic mass is 9.87. The number of fused-ring (bicyclic) bond motifs is 1. The van der Waals surface area contributed by atoms with E-state index in [1.165, 1.54) is 0 Å². The topological polar surface area (TPSA) is 50.4 Å². The Bertz CT molecular complexity index is 351. The summed E-state index contributed by atoms with van der Waals surface area (Å²) in [7, 11) is 0. The summed E-state index contributed by atoms with van der Waals surface area (Å²) in [4.78, 5) is 11.0. The minimum Gasteiger partial charge on any atom is -0.481 e. The van der Waals surface area contributed by atoms with E-state index >= 15 is 0 Å². The molecular weight excluding hydrogens is 180 g/mol. The van der Waals surface area contributed by atoms with Crippen molar-refractivity contribution in [2.75, 3.05) is 0 Å². The molecule has 0 spiro atoms. The van der Waals surface area contributed by atoms with Crippen molar-refractivity contribution in [1.29, 1.82) is 0 Å². The molecule has 1 aromatic heterocycles. The lowest BCUT2D eigenvalue weighted by molar-refractivity contribution is -0.139. The second-order valence-electron chi connectivity index (χ2n) is 3.73. The van der Waals surface area contributed by atoms with E-state index in [1.807, 2.05) is 13.0 Å². The van der Waals surface area contributed by atoms with Crippen molar-refractivity contribution in [1.82, 2.24) is 0 Å². The van der Waals surface area contributed by atoms with Crippen LogP contribution < -0.4 is 0 Å². The molecule has 76 valence electrons. The summed E-state index contributed by atoms with van der Waals surface area (Å²) in [6.07, 6.45) is 3.38. The highest BCUT2D eigenvalue weighted by molar-refractivity contribution is 5.76. The molecular formula is C11H14O3. The smallest absolute Gasteiger partial charge is 0.311 e. The summed E-state index contributed by atoms with van der Waals surface area (Å²) in [6.45, 7) is 2.01. The van der Waals surface area contributed by atoms with Crippen LogP contribution in [0.4, 0.5) is 0 Å². The van der Waals surface area contributed by atoms with Gasteiger partial charge in [0.2, 0.25) is 0 Å². The average Bonchev–Trinajstić information content (AvgIpc) is 2.59. The van der Waals surface area contributed by atoms with Crippen LogP contribution in [0, 0.1) is 0 Å². The van der Waals surface area contributed by atoms with Gasteiger partial charge in [-0.25, -0.2) is 0 Å². The Hall–Kier alpha value is -1.25. The van der Waals surface area contributed by atoms with Crippen molar-refractivity contribution >= 4 is 5.97 Å². The summed E-state index contributed by atoms with van der Waals surface area (Å²) < 4.78 is 5.57. The van der Waals surface area contributed by atoms with Crippen LogP contribution in [-0.4, -0.2) is 11.1 Å². The summed E-state index contributed by atoms with van der Waals surface area (Å²) in [5.74, 6) is 0.723. The fourth-order valence-electron chi connectivity index (χ4n) is 2.04. The van der Waals surface area contributed by atoms with E-state index in [4.69, 9.17) is 9.52 Å². The van der Waals surface area contributed by atoms with Gasteiger partial charge in [-0.1, -0.05) is 6.92 Å². The predicted octanol–water partition coefficient (Wildman–Crippen LogP) is 2.35. The van der Waals surface area contributed by atoms with Crippen molar-refractivity contribution in [2.24, 2.45) is 0 Å². The molecule has 1 heterocycles. The Morgan fingerprint density at radius 2 is 2.50 bits per heavy atom. The zero-order valence-corrected chi connectivity index (χ0v) is 8.25. The van der Waals surface area contributed by atoms with E-state index in [2.05, 4.69) is 0 Å². The molecule has 0 saturated carbocycles. The minimum atomic E-state index is -0.727. The summed E-state index contributed by atoms with van der Waals surface area (Å²) in [5, 5.41) is 9.03. The standard InChI is InChI=1S/C11H14O3/c1-2-7-6-9-8(11(12)13)4-3-5-10(9)14-7/h6,8H,2-5H2,1H3,(H,12,13). The molecule has 1 atom stereocenters. The second kappa shape index (κ2) is 3.48. The van der Waals surface area contributed by atoms with Crippen LogP contribution in [0.2, 0.25) is 0 Å². The summed E-state index contributed by atoms with van der Waals surface area (Å²) in [5.41, 5.74) is 0.903. The monoisotopic (exact) mass is 194 g/mol. The maximum absolute atomic E-state index is 11.0. The van der Waals surface area contributed by atoms with E-state index in [0.29, 0.717) is 0 Å². The number of carboxylic acid groups (broad SMARTS) is 1. The highest BCUT2D eigenvalue weighted by Gasteiger charge is 2.29. The number of rotatable bonds is 2. The lowest BCUT2D eigenvalue weighted by Gasteiger charge is -2.16. The van der Waals surface area contributed by atoms with Gasteiger partial charge < -0.3 is 9.52 Å². The van der Waals surface area contributed by atoms with Crippen molar-refractivity contribution in [3.63, 3.8) is 0 Å². The van der Waals surface area contributed by atoms with Crippen molar-refractivity contribution in [2.45, 2.75) is 38.5 Å². The number of carboxylic acids is 1. The molecule has 0 aromatic carbocycles. The quantitative estimate of drug-likeness (QED) is 0.786. The van der Waals surface area contributed by atoms with Crippen molar-refractivity contribution in [3.05, 3.63) is 23.2 Å². The van der Waals surface area contributed by atoms with E-state index in [1.54, 1.807) is 0 Å². The van der Waals surface area contributed by atoms with Crippen LogP contribution in [0.15, 0.2) is 10.5 Å². The van der Waals surface area contributed by atoms with Gasteiger partial charge >= 0.3 is 5.97 Å². The van der Waals surface area contributed by atoms with Gasteiger partial charge in [0.25, 0.3) is 0 Å². The largest absolute Gasteiger partial charge is 0.481 e. The maximum Gasteiger partial charge on any atom is 0.311 e. The molecule has 1 N–H and O–H groups in total. The Morgan fingerprint density at radius 1 is 1.71 bits per heavy atom. The molecule has 14 heavy (non-hydrogen) atoms. The number of hydrogen-bond acceptors (Lipinski definition) is 2. The molecule has 0 aliphatic heterocycles. The van der Waals surface area contributed by atoms with Crippen LogP contribution in [0.25, 0.3) is 0 Å². The zero-order valence-electron chi connectivity index (χ0n) is 8.25. The molecule has 1 unspecified atom stereocenters. The fraction of sp³-hybridized carbons (Fsp3) is 0.545. The molecule has 0 fully saturated rings. The third-order valence-corrected chi connectivity index (χ3v) is 2.81. The van der Waals surface area contributed by atoms with Crippen LogP contribution in [0.1, 0.15) is 42.8 Å². The molecule has 2 rings (SSSR count). The number of aliphatic carboxylic acids is 1. The first-order chi connectivity index (χ1) is 6.72. The van der Waals surface area contributed by atoms with E-state index < -0.39 is 5.97 Å². The van der Waals surface area contributed by atoms with Crippen LogP contribution in [-0.2, 0) is 17.6 Å². The molecule has 1 aliphatic carbocycles. The average molecular weight is 194 g/mol. The molecule has 3 heteroatoms. The van der Waals surface area contributed by atoms with Crippen LogP contribution in [0.3, 0.4) is 0 Å². The van der Waals surface area contributed by atoms with Gasteiger partial charge in [0.05, 0.1) is 5.92 Å². The van der Waals surface area contributed by atoms with Crippen molar-refractivity contribution < 1.29 is 14.3 Å². The number of hydrogen-bond donors (Lipinski definition) is 1.